The van der Waals surface area contributed by atoms with Crippen LogP contribution >= 0.6 is 0 Å². The van der Waals surface area contributed by atoms with Gasteiger partial charge in [-0.1, -0.05) is 32.0 Å². The van der Waals surface area contributed by atoms with Gasteiger partial charge in [0, 0.05) is 42.5 Å². The Balaban J connectivity index is 1.36. The van der Waals surface area contributed by atoms with E-state index in [2.05, 4.69) is 39.4 Å². The average Bonchev–Trinajstić information content (AvgIpc) is 3.44. The summed E-state index contributed by atoms with van der Waals surface area (Å²) in [5.41, 5.74) is 2.03. The largest absolute Gasteiger partial charge is 0.345 e. The number of H-pyrrole nitrogens is 2. The van der Waals surface area contributed by atoms with Gasteiger partial charge in [-0.15, -0.1) is 0 Å². The molecule has 1 fully saturated rings. The van der Waals surface area contributed by atoms with Crippen LogP contribution in [0.2, 0.25) is 0 Å². The zero-order valence-corrected chi connectivity index (χ0v) is 16.1. The first-order valence-corrected chi connectivity index (χ1v) is 9.48. The topological polar surface area (TPSA) is 111 Å². The summed E-state index contributed by atoms with van der Waals surface area (Å²) in [6.45, 7) is 5.07. The summed E-state index contributed by atoms with van der Waals surface area (Å²) < 4.78 is 1.70. The maximum absolute atomic E-state index is 13.1. The quantitative estimate of drug-likeness (QED) is 0.495. The third-order valence-corrected chi connectivity index (χ3v) is 5.68. The van der Waals surface area contributed by atoms with Crippen molar-refractivity contribution in [2.24, 2.45) is 5.41 Å². The molecule has 0 spiro atoms. The first-order chi connectivity index (χ1) is 13.9. The highest BCUT2D eigenvalue weighted by Gasteiger charge is 2.43. The predicted molar refractivity (Wildman–Crippen MR) is 107 cm³/mol. The van der Waals surface area contributed by atoms with Crippen LogP contribution in [0.5, 0.6) is 0 Å². The molecule has 4 aromatic rings. The van der Waals surface area contributed by atoms with Gasteiger partial charge in [0.25, 0.3) is 11.8 Å². The van der Waals surface area contributed by atoms with E-state index < -0.39 is 0 Å². The summed E-state index contributed by atoms with van der Waals surface area (Å²) in [5.74, 6) is -0.343. The molecule has 1 aromatic carbocycles. The Hall–Kier alpha value is -3.62. The van der Waals surface area contributed by atoms with Crippen molar-refractivity contribution >= 4 is 28.4 Å². The number of fused-ring (bicyclic) bond motifs is 2. The molecule has 0 radical (unpaired) electrons. The van der Waals surface area contributed by atoms with E-state index in [4.69, 9.17) is 0 Å². The van der Waals surface area contributed by atoms with Crippen LogP contribution in [0.3, 0.4) is 0 Å². The molecule has 1 unspecified atom stereocenters. The van der Waals surface area contributed by atoms with E-state index in [9.17, 15) is 9.59 Å². The molecular formula is C20H21N7O2. The number of hydrogen-bond donors (Lipinski definition) is 3. The van der Waals surface area contributed by atoms with Crippen LogP contribution in [0.25, 0.3) is 16.6 Å². The van der Waals surface area contributed by atoms with Crippen molar-refractivity contribution in [3.8, 4) is 0 Å². The van der Waals surface area contributed by atoms with Crippen LogP contribution in [0.1, 0.15) is 34.7 Å². The van der Waals surface area contributed by atoms with Gasteiger partial charge < -0.3 is 10.2 Å². The number of nitrogens with one attached hydrogen (secondary N) is 3. The first-order valence-electron chi connectivity index (χ1n) is 9.48. The number of carbonyl (C=O) groups is 2. The van der Waals surface area contributed by atoms with E-state index in [0.717, 1.165) is 10.9 Å². The highest BCUT2D eigenvalue weighted by molar-refractivity contribution is 6.05. The van der Waals surface area contributed by atoms with Crippen LogP contribution < -0.4 is 5.32 Å². The highest BCUT2D eigenvalue weighted by atomic mass is 16.2. The van der Waals surface area contributed by atoms with Crippen LogP contribution in [-0.2, 0) is 0 Å². The fraction of sp³-hybridized carbons (Fsp3) is 0.300. The van der Waals surface area contributed by atoms with Crippen LogP contribution in [0, 0.1) is 5.41 Å². The number of hydrogen-bond acceptors (Lipinski definition) is 4. The predicted octanol–water partition coefficient (Wildman–Crippen LogP) is 1.82. The van der Waals surface area contributed by atoms with Crippen molar-refractivity contribution in [2.75, 3.05) is 13.1 Å². The highest BCUT2D eigenvalue weighted by Crippen LogP contribution is 2.31. The molecule has 29 heavy (non-hydrogen) atoms. The van der Waals surface area contributed by atoms with Gasteiger partial charge >= 0.3 is 0 Å². The second-order valence-electron chi connectivity index (χ2n) is 8.13. The van der Waals surface area contributed by atoms with Gasteiger partial charge in [0.05, 0.1) is 11.6 Å². The zero-order valence-electron chi connectivity index (χ0n) is 16.1. The number of benzene rings is 1. The molecule has 2 amide bonds. The summed E-state index contributed by atoms with van der Waals surface area (Å²) in [7, 11) is 0. The van der Waals surface area contributed by atoms with Crippen molar-refractivity contribution in [3.63, 3.8) is 0 Å². The van der Waals surface area contributed by atoms with E-state index in [1.165, 1.54) is 0 Å². The Kier molecular flexibility index (Phi) is 3.73. The van der Waals surface area contributed by atoms with Crippen molar-refractivity contribution in [1.29, 1.82) is 0 Å². The van der Waals surface area contributed by atoms with Gasteiger partial charge in [-0.25, -0.2) is 9.50 Å². The minimum absolute atomic E-state index is 0.0995. The number of para-hydroxylation sites is 1. The monoisotopic (exact) mass is 391 g/mol. The molecule has 1 saturated heterocycles. The maximum Gasteiger partial charge on any atom is 0.272 e. The van der Waals surface area contributed by atoms with Crippen molar-refractivity contribution in [3.05, 3.63) is 54.1 Å². The summed E-state index contributed by atoms with van der Waals surface area (Å²) >= 11 is 0. The Morgan fingerprint density at radius 2 is 2.10 bits per heavy atom. The van der Waals surface area contributed by atoms with Gasteiger partial charge in [0.15, 0.2) is 11.3 Å². The minimum atomic E-state index is -0.278. The van der Waals surface area contributed by atoms with Crippen LogP contribution in [-0.4, -0.2) is 60.6 Å². The smallest absolute Gasteiger partial charge is 0.272 e. The molecule has 1 aliphatic heterocycles. The van der Waals surface area contributed by atoms with Gasteiger partial charge in [0.1, 0.15) is 5.56 Å². The molecule has 3 aromatic heterocycles. The number of amides is 2. The van der Waals surface area contributed by atoms with Crippen LogP contribution in [0.4, 0.5) is 0 Å². The van der Waals surface area contributed by atoms with E-state index >= 15 is 0 Å². The Labute approximate surface area is 166 Å². The Morgan fingerprint density at radius 1 is 1.28 bits per heavy atom. The van der Waals surface area contributed by atoms with Gasteiger partial charge in [-0.2, -0.15) is 5.10 Å². The molecule has 1 atom stereocenters. The molecule has 1 aliphatic rings. The molecule has 9 nitrogen and oxygen atoms in total. The number of nitrogens with zero attached hydrogens (tertiary/aromatic N) is 4. The lowest BCUT2D eigenvalue weighted by atomic mass is 9.88. The molecule has 5 rings (SSSR count). The summed E-state index contributed by atoms with van der Waals surface area (Å²) in [5, 5.41) is 13.9. The summed E-state index contributed by atoms with van der Waals surface area (Å²) in [6.07, 6.45) is 5.07. The number of aromatic amines is 2. The number of aromatic nitrogens is 5. The lowest BCUT2D eigenvalue weighted by molar-refractivity contribution is 0.0777. The van der Waals surface area contributed by atoms with E-state index in [1.807, 2.05) is 24.3 Å². The number of rotatable bonds is 3. The van der Waals surface area contributed by atoms with Crippen molar-refractivity contribution in [2.45, 2.75) is 19.9 Å². The normalized spacial score (nSPS) is 18.6. The second-order valence-corrected chi connectivity index (χ2v) is 8.13. The molecular weight excluding hydrogens is 370 g/mol. The minimum Gasteiger partial charge on any atom is -0.345 e. The van der Waals surface area contributed by atoms with E-state index in [0.29, 0.717) is 30.0 Å². The third kappa shape index (κ3) is 2.77. The first kappa shape index (κ1) is 17.5. The van der Waals surface area contributed by atoms with E-state index in [1.54, 1.807) is 28.0 Å². The molecule has 148 valence electrons. The molecule has 4 heterocycles. The third-order valence-electron chi connectivity index (χ3n) is 5.68. The van der Waals surface area contributed by atoms with Crippen molar-refractivity contribution in [1.82, 2.24) is 35.0 Å². The Morgan fingerprint density at radius 3 is 2.97 bits per heavy atom. The lowest BCUT2D eigenvalue weighted by Gasteiger charge is -2.25. The molecule has 0 bridgehead atoms. The molecule has 3 N–H and O–H groups in total. The summed E-state index contributed by atoms with van der Waals surface area (Å²) in [6, 6.07) is 7.33. The number of carbonyl (C=O) groups excluding carboxylic acids is 2. The second kappa shape index (κ2) is 6.20. The fourth-order valence-electron chi connectivity index (χ4n) is 4.03. The fourth-order valence-corrected chi connectivity index (χ4v) is 4.03. The maximum atomic E-state index is 13.1. The SMILES string of the molecule is CC1(C)CN(C(=O)c2c[nH]n3ccnc23)CC1NC(=O)c1n[nH]c2ccccc12. The molecule has 0 saturated carbocycles. The van der Waals surface area contributed by atoms with E-state index in [-0.39, 0.29) is 23.3 Å². The van der Waals surface area contributed by atoms with Gasteiger partial charge in [0.2, 0.25) is 0 Å². The van der Waals surface area contributed by atoms with Gasteiger partial charge in [-0.05, 0) is 6.07 Å². The molecule has 0 aliphatic carbocycles. The van der Waals surface area contributed by atoms with Gasteiger partial charge in [-0.3, -0.25) is 19.8 Å². The molecule has 9 heteroatoms. The number of imidazole rings is 1. The number of likely N-dealkylation sites (tertiary alicyclic amines) is 1. The lowest BCUT2D eigenvalue weighted by Crippen LogP contribution is -2.44. The Bertz CT molecular complexity index is 1230. The standard InChI is InChI=1S/C20H21N7O2/c1-20(2)11-26(19(29)13-9-22-27-8-7-21-17(13)27)10-15(20)23-18(28)16-12-5-3-4-6-14(12)24-25-16/h3-9,15,22H,10-11H2,1-2H3,(H,23,28)(H,24,25). The summed E-state index contributed by atoms with van der Waals surface area (Å²) in [4.78, 5) is 32.0. The van der Waals surface area contributed by atoms with Crippen molar-refractivity contribution < 1.29 is 9.59 Å². The average molecular weight is 391 g/mol. The van der Waals surface area contributed by atoms with Crippen LogP contribution in [0.15, 0.2) is 42.9 Å². The zero-order chi connectivity index (χ0) is 20.2.